The number of benzene rings is 1. The molecule has 0 aliphatic heterocycles. The maximum atomic E-state index is 9.47. The molecule has 1 unspecified atom stereocenters. The van der Waals surface area contributed by atoms with Gasteiger partial charge in [0.15, 0.2) is 11.5 Å². The van der Waals surface area contributed by atoms with Gasteiger partial charge in [-0.3, -0.25) is 0 Å². The lowest BCUT2D eigenvalue weighted by molar-refractivity contribution is 0.349. The van der Waals surface area contributed by atoms with E-state index >= 15 is 0 Å². The third-order valence-corrected chi connectivity index (χ3v) is 2.47. The summed E-state index contributed by atoms with van der Waals surface area (Å²) in [7, 11) is 1.45. The molecule has 1 aromatic carbocycles. The van der Waals surface area contributed by atoms with E-state index in [0.717, 1.165) is 12.0 Å². The van der Waals surface area contributed by atoms with Gasteiger partial charge in [0, 0.05) is 0 Å². The first-order valence-corrected chi connectivity index (χ1v) is 4.90. The molecule has 0 radical (unpaired) electrons. The zero-order chi connectivity index (χ0) is 11.4. The Balaban J connectivity index is 3.05. The number of methoxy groups -OCH3 is 1. The highest BCUT2D eigenvalue weighted by Crippen LogP contribution is 2.38. The van der Waals surface area contributed by atoms with E-state index in [1.54, 1.807) is 6.07 Å². The number of aromatic hydroxyl groups is 2. The number of hydrogen-bond acceptors (Lipinski definition) is 4. The van der Waals surface area contributed by atoms with E-state index in [9.17, 15) is 10.2 Å². The monoisotopic (exact) mass is 211 g/mol. The van der Waals surface area contributed by atoms with Crippen molar-refractivity contribution in [2.24, 2.45) is 5.73 Å². The molecule has 0 fully saturated rings. The topological polar surface area (TPSA) is 75.7 Å². The van der Waals surface area contributed by atoms with Gasteiger partial charge in [0.05, 0.1) is 7.11 Å². The van der Waals surface area contributed by atoms with Crippen LogP contribution in [0.5, 0.6) is 17.2 Å². The van der Waals surface area contributed by atoms with Crippen LogP contribution < -0.4 is 10.5 Å². The zero-order valence-corrected chi connectivity index (χ0v) is 9.03. The Labute approximate surface area is 89.3 Å². The van der Waals surface area contributed by atoms with Gasteiger partial charge in [-0.1, -0.05) is 6.92 Å². The highest BCUT2D eigenvalue weighted by Gasteiger charge is 2.13. The fourth-order valence-corrected chi connectivity index (χ4v) is 1.47. The van der Waals surface area contributed by atoms with E-state index in [1.165, 1.54) is 13.2 Å². The quantitative estimate of drug-likeness (QED) is 0.660. The maximum Gasteiger partial charge on any atom is 0.200 e. The summed E-state index contributed by atoms with van der Waals surface area (Å²) in [5, 5.41) is 18.9. The van der Waals surface area contributed by atoms with E-state index < -0.39 is 0 Å². The number of phenolic OH excluding ortho intramolecular Hbond substituents is 2. The molecular formula is C11H17NO3. The third kappa shape index (κ3) is 2.53. The molecule has 1 atom stereocenters. The molecule has 15 heavy (non-hydrogen) atoms. The first-order valence-electron chi connectivity index (χ1n) is 4.90. The molecule has 0 bridgehead atoms. The summed E-state index contributed by atoms with van der Waals surface area (Å²) < 4.78 is 4.95. The van der Waals surface area contributed by atoms with E-state index in [-0.39, 0.29) is 23.2 Å². The molecule has 1 rings (SSSR count). The van der Waals surface area contributed by atoms with Crippen LogP contribution in [-0.2, 0) is 0 Å². The molecule has 1 aromatic rings. The molecular weight excluding hydrogens is 194 g/mol. The lowest BCUT2D eigenvalue weighted by Gasteiger charge is -2.13. The van der Waals surface area contributed by atoms with Crippen LogP contribution in [0.2, 0.25) is 0 Å². The SMILES string of the molecule is COc1cc(C(C)CCN)cc(O)c1O. The standard InChI is InChI=1S/C11H17NO3/c1-7(3-4-12)8-5-9(13)11(14)10(6-8)15-2/h5-7,13-14H,3-4,12H2,1-2H3. The second-order valence-corrected chi connectivity index (χ2v) is 3.57. The second-order valence-electron chi connectivity index (χ2n) is 3.57. The Morgan fingerprint density at radius 1 is 1.40 bits per heavy atom. The van der Waals surface area contributed by atoms with Crippen molar-refractivity contribution in [1.82, 2.24) is 0 Å². The summed E-state index contributed by atoms with van der Waals surface area (Å²) in [5.74, 6) is 0.138. The summed E-state index contributed by atoms with van der Waals surface area (Å²) in [6.45, 7) is 2.60. The largest absolute Gasteiger partial charge is 0.504 e. The van der Waals surface area contributed by atoms with Crippen LogP contribution in [-0.4, -0.2) is 23.9 Å². The molecule has 0 heterocycles. The summed E-state index contributed by atoms with van der Waals surface area (Å²) in [6, 6.07) is 3.26. The Kier molecular flexibility index (Phi) is 3.80. The van der Waals surface area contributed by atoms with Crippen LogP contribution in [0, 0.1) is 0 Å². The average molecular weight is 211 g/mol. The van der Waals surface area contributed by atoms with Gasteiger partial charge in [0.25, 0.3) is 0 Å². The van der Waals surface area contributed by atoms with Gasteiger partial charge >= 0.3 is 0 Å². The minimum absolute atomic E-state index is 0.159. The summed E-state index contributed by atoms with van der Waals surface area (Å²) >= 11 is 0. The Hall–Kier alpha value is -1.42. The van der Waals surface area contributed by atoms with Gasteiger partial charge in [0.1, 0.15) is 0 Å². The van der Waals surface area contributed by atoms with Gasteiger partial charge in [-0.05, 0) is 36.6 Å². The fraction of sp³-hybridized carbons (Fsp3) is 0.455. The predicted molar refractivity (Wildman–Crippen MR) is 58.4 cm³/mol. The normalized spacial score (nSPS) is 12.5. The Bertz CT molecular complexity index is 339. The molecule has 0 aliphatic carbocycles. The smallest absolute Gasteiger partial charge is 0.200 e. The maximum absolute atomic E-state index is 9.47. The van der Waals surface area contributed by atoms with Crippen LogP contribution in [0.25, 0.3) is 0 Å². The van der Waals surface area contributed by atoms with Crippen molar-refractivity contribution in [3.05, 3.63) is 17.7 Å². The third-order valence-electron chi connectivity index (χ3n) is 2.47. The van der Waals surface area contributed by atoms with Gasteiger partial charge in [-0.2, -0.15) is 0 Å². The van der Waals surface area contributed by atoms with E-state index in [2.05, 4.69) is 0 Å². The minimum Gasteiger partial charge on any atom is -0.504 e. The molecule has 0 saturated carbocycles. The van der Waals surface area contributed by atoms with Crippen molar-refractivity contribution in [1.29, 1.82) is 0 Å². The first kappa shape index (κ1) is 11.7. The molecule has 0 aliphatic rings. The molecule has 0 saturated heterocycles. The van der Waals surface area contributed by atoms with E-state index in [4.69, 9.17) is 10.5 Å². The van der Waals surface area contributed by atoms with Crippen LogP contribution in [0.1, 0.15) is 24.8 Å². The number of nitrogens with two attached hydrogens (primary N) is 1. The number of ether oxygens (including phenoxy) is 1. The van der Waals surface area contributed by atoms with Crippen LogP contribution in [0.3, 0.4) is 0 Å². The molecule has 4 nitrogen and oxygen atoms in total. The molecule has 84 valence electrons. The number of phenols is 2. The van der Waals surface area contributed by atoms with Crippen LogP contribution in [0.4, 0.5) is 0 Å². The zero-order valence-electron chi connectivity index (χ0n) is 9.03. The van der Waals surface area contributed by atoms with Crippen molar-refractivity contribution in [2.45, 2.75) is 19.3 Å². The van der Waals surface area contributed by atoms with Crippen molar-refractivity contribution in [2.75, 3.05) is 13.7 Å². The lowest BCUT2D eigenvalue weighted by Crippen LogP contribution is -2.04. The van der Waals surface area contributed by atoms with Gasteiger partial charge < -0.3 is 20.7 Å². The lowest BCUT2D eigenvalue weighted by atomic mass is 9.97. The Morgan fingerprint density at radius 2 is 2.07 bits per heavy atom. The second kappa shape index (κ2) is 4.89. The fourth-order valence-electron chi connectivity index (χ4n) is 1.47. The van der Waals surface area contributed by atoms with Gasteiger partial charge in [-0.25, -0.2) is 0 Å². The summed E-state index contributed by atoms with van der Waals surface area (Å²) in [6.07, 6.45) is 0.827. The first-order chi connectivity index (χ1) is 7.10. The van der Waals surface area contributed by atoms with Crippen molar-refractivity contribution >= 4 is 0 Å². The van der Waals surface area contributed by atoms with Crippen LogP contribution in [0.15, 0.2) is 12.1 Å². The van der Waals surface area contributed by atoms with Crippen molar-refractivity contribution in [3.63, 3.8) is 0 Å². The highest BCUT2D eigenvalue weighted by atomic mass is 16.5. The molecule has 4 N–H and O–H groups in total. The average Bonchev–Trinajstić information content (AvgIpc) is 2.22. The molecule has 0 amide bonds. The minimum atomic E-state index is -0.221. The predicted octanol–water partition coefficient (Wildman–Crippen LogP) is 1.56. The molecule has 0 aromatic heterocycles. The Morgan fingerprint density at radius 3 is 2.60 bits per heavy atom. The highest BCUT2D eigenvalue weighted by molar-refractivity contribution is 5.52. The van der Waals surface area contributed by atoms with Crippen molar-refractivity contribution < 1.29 is 14.9 Å². The van der Waals surface area contributed by atoms with Gasteiger partial charge in [0.2, 0.25) is 5.75 Å². The summed E-state index contributed by atoms with van der Waals surface area (Å²) in [4.78, 5) is 0. The number of rotatable bonds is 4. The van der Waals surface area contributed by atoms with E-state index in [0.29, 0.717) is 6.54 Å². The van der Waals surface area contributed by atoms with E-state index in [1.807, 2.05) is 6.92 Å². The van der Waals surface area contributed by atoms with Gasteiger partial charge in [-0.15, -0.1) is 0 Å². The molecule has 0 spiro atoms. The molecule has 4 heteroatoms. The van der Waals surface area contributed by atoms with Crippen LogP contribution >= 0.6 is 0 Å². The summed E-state index contributed by atoms with van der Waals surface area (Å²) in [5.41, 5.74) is 6.37. The van der Waals surface area contributed by atoms with Crippen molar-refractivity contribution in [3.8, 4) is 17.2 Å². The number of hydrogen-bond donors (Lipinski definition) is 3.